The number of thiocarbonyl (C=S) groups is 1. The first-order valence-electron chi connectivity index (χ1n) is 32.3. The van der Waals surface area contributed by atoms with Gasteiger partial charge in [0, 0.05) is 102 Å². The molecule has 0 radical (unpaired) electrons. The van der Waals surface area contributed by atoms with Gasteiger partial charge in [0.15, 0.2) is 5.11 Å². The molecule has 0 saturated carbocycles. The number of nitrogens with zero attached hydrogens (tertiary/aromatic N) is 7. The molecule has 3 aromatic rings. The number of amides is 7. The lowest BCUT2D eigenvalue weighted by Gasteiger charge is -2.37. The Bertz CT molecular complexity index is 3270. The van der Waals surface area contributed by atoms with Crippen molar-refractivity contribution in [3.8, 4) is 11.3 Å². The SMILES string of the molecule is CC(=O)NCCCCC[C@H](NC(=O)[C@H](CCCCNC(=S)Nc1ccc(CC2CN(CC(=O)O)CCN(CC(=O)O)CCN(CC(=O)O)CCN2CC(=O)O)cc1)NC(=O)Cn1nncc1-c1cccc(NC(=O)NCCCC[C@H](NC(=O)N[C@@H](CCC(=O)O)C(=O)O)C(=O)O)c1)C(=O)O. The number of carbonyl (C=O) groups is 13. The van der Waals surface area contributed by atoms with Gasteiger partial charge in [0.05, 0.1) is 38.1 Å². The number of rotatable bonds is 42. The van der Waals surface area contributed by atoms with Crippen LogP contribution in [0.4, 0.5) is 21.0 Å². The number of unbranched alkanes of at least 4 members (excludes halogenated alkanes) is 4. The highest BCUT2D eigenvalue weighted by Crippen LogP contribution is 2.23. The summed E-state index contributed by atoms with van der Waals surface area (Å²) in [5.41, 5.74) is 2.39. The molecule has 0 bridgehead atoms. The van der Waals surface area contributed by atoms with Gasteiger partial charge in [-0.05, 0) is 106 Å². The summed E-state index contributed by atoms with van der Waals surface area (Å²) in [7, 11) is 0. The van der Waals surface area contributed by atoms with Crippen molar-refractivity contribution < 1.29 is 103 Å². The molecule has 100 heavy (non-hydrogen) atoms. The minimum absolute atomic E-state index is 0.0425. The summed E-state index contributed by atoms with van der Waals surface area (Å²) in [5.74, 6) is -11.7. The smallest absolute Gasteiger partial charge is 0.326 e. The lowest BCUT2D eigenvalue weighted by atomic mass is 10.0. The third-order valence-corrected chi connectivity index (χ3v) is 15.9. The number of aliphatic carboxylic acids is 8. The predicted molar refractivity (Wildman–Crippen MR) is 360 cm³/mol. The van der Waals surface area contributed by atoms with Gasteiger partial charge in [0.2, 0.25) is 17.7 Å². The highest BCUT2D eigenvalue weighted by Gasteiger charge is 2.31. The number of benzene rings is 2. The lowest BCUT2D eigenvalue weighted by molar-refractivity contribution is -0.142. The Morgan fingerprint density at radius 2 is 1.03 bits per heavy atom. The standard InChI is InChI=1S/C62H90N16O21S/c1-39(79)63-21-6-2-3-13-46(57(92)93)70-56(91)45(69-50(80)34-78-49(32-66-73-78)41-10-9-11-43(31-41)67-60(98)64-22-7-5-14-47(58(94)95)71-61(99)72-48(59(96)97)19-20-51(81)82)12-4-8-23-65-62(100)68-42-17-15-40(16-18-42)30-44-33-76(37-54(87)88)27-26-74(35-52(83)84)24-25-75(36-53(85)86)28-29-77(44)38-55(89)90/h9-11,15-18,31-32,44-48H,2-8,12-14,19-30,33-38H2,1H3,(H,63,79)(H,69,80)(H,70,91)(H,81,82)(H,83,84)(H,85,86)(H,87,88)(H,89,90)(H,92,93)(H,94,95)(H,96,97)(H2,64,67,98)(H2,65,68,100)(H2,71,72,99)/t44?,45-,46-,47-,48-/m0/s1. The average Bonchev–Trinajstić information content (AvgIpc) is 1.61. The number of hydrogen-bond donors (Lipinski definition) is 17. The van der Waals surface area contributed by atoms with Gasteiger partial charge in [-0.25, -0.2) is 28.7 Å². The largest absolute Gasteiger partial charge is 0.481 e. The van der Waals surface area contributed by atoms with Gasteiger partial charge in [0.1, 0.15) is 30.7 Å². The van der Waals surface area contributed by atoms with E-state index in [1.165, 1.54) is 17.8 Å². The second-order valence-electron chi connectivity index (χ2n) is 23.7. The Morgan fingerprint density at radius 3 is 1.61 bits per heavy atom. The second kappa shape index (κ2) is 44.0. The molecule has 550 valence electrons. The molecule has 0 aliphatic carbocycles. The molecule has 1 unspecified atom stereocenters. The fourth-order valence-electron chi connectivity index (χ4n) is 10.6. The Hall–Kier alpha value is -10.2. The number of carboxylic acid groups (broad SMARTS) is 8. The van der Waals surface area contributed by atoms with E-state index >= 15 is 0 Å². The van der Waals surface area contributed by atoms with E-state index < -0.39 is 134 Å². The first-order valence-corrected chi connectivity index (χ1v) is 32.7. The van der Waals surface area contributed by atoms with Gasteiger partial charge >= 0.3 is 59.8 Å². The third-order valence-electron chi connectivity index (χ3n) is 15.7. The normalized spacial score (nSPS) is 15.3. The maximum absolute atomic E-state index is 14.0. The third kappa shape index (κ3) is 33.4. The number of nitrogens with one attached hydrogen (secondary N) is 9. The van der Waals surface area contributed by atoms with Crippen LogP contribution in [-0.2, 0) is 65.7 Å². The highest BCUT2D eigenvalue weighted by atomic mass is 32.1. The van der Waals surface area contributed by atoms with Crippen molar-refractivity contribution in [3.05, 3.63) is 60.3 Å². The summed E-state index contributed by atoms with van der Waals surface area (Å²) in [4.78, 5) is 165. The van der Waals surface area contributed by atoms with Crippen molar-refractivity contribution in [2.75, 3.05) is 102 Å². The monoisotopic (exact) mass is 1430 g/mol. The molecule has 0 spiro atoms. The van der Waals surface area contributed by atoms with Crippen molar-refractivity contribution in [1.29, 1.82) is 0 Å². The zero-order chi connectivity index (χ0) is 73.7. The fourth-order valence-corrected chi connectivity index (χ4v) is 10.9. The van der Waals surface area contributed by atoms with Gasteiger partial charge < -0.3 is 88.7 Å². The number of hydrogen-bond acceptors (Lipinski definition) is 20. The molecule has 38 heteroatoms. The van der Waals surface area contributed by atoms with E-state index in [0.717, 1.165) is 5.56 Å². The summed E-state index contributed by atoms with van der Waals surface area (Å²) in [5, 5.41) is 109. The van der Waals surface area contributed by atoms with Crippen LogP contribution in [0.1, 0.15) is 89.5 Å². The molecule has 17 N–H and O–H groups in total. The Balaban J connectivity index is 1.38. The van der Waals surface area contributed by atoms with Gasteiger partial charge in [-0.3, -0.25) is 58.0 Å². The van der Waals surface area contributed by atoms with E-state index in [1.807, 2.05) is 0 Å². The number of carbonyl (C=O) groups excluding carboxylic acids is 5. The minimum Gasteiger partial charge on any atom is -0.481 e. The van der Waals surface area contributed by atoms with Crippen LogP contribution in [0, 0.1) is 0 Å². The molecule has 4 rings (SSSR count). The number of aromatic nitrogens is 3. The first-order chi connectivity index (χ1) is 47.5. The number of carboxylic acids is 8. The van der Waals surface area contributed by atoms with E-state index in [1.54, 1.807) is 68.1 Å². The molecule has 1 fully saturated rings. The van der Waals surface area contributed by atoms with Gasteiger partial charge in [-0.15, -0.1) is 5.10 Å². The quantitative estimate of drug-likeness (QED) is 0.0255. The van der Waals surface area contributed by atoms with Gasteiger partial charge in [0.25, 0.3) is 0 Å². The van der Waals surface area contributed by atoms with Crippen LogP contribution in [0.2, 0.25) is 0 Å². The molecule has 1 aliphatic rings. The maximum Gasteiger partial charge on any atom is 0.326 e. The first kappa shape index (κ1) is 82.2. The molecule has 2 aromatic carbocycles. The molecule has 37 nitrogen and oxygen atoms in total. The molecule has 1 aromatic heterocycles. The van der Waals surface area contributed by atoms with E-state index in [0.29, 0.717) is 61.3 Å². The van der Waals surface area contributed by atoms with E-state index in [2.05, 4.69) is 58.2 Å². The van der Waals surface area contributed by atoms with Crippen LogP contribution in [0.5, 0.6) is 0 Å². The van der Waals surface area contributed by atoms with Crippen molar-refractivity contribution in [2.24, 2.45) is 0 Å². The van der Waals surface area contributed by atoms with Crippen LogP contribution >= 0.6 is 12.2 Å². The Kier molecular flexibility index (Phi) is 36.2. The van der Waals surface area contributed by atoms with Gasteiger partial charge in [-0.1, -0.05) is 42.3 Å². The van der Waals surface area contributed by atoms with Crippen LogP contribution in [0.3, 0.4) is 0 Å². The Labute approximate surface area is 580 Å². The van der Waals surface area contributed by atoms with Crippen LogP contribution in [0.25, 0.3) is 11.3 Å². The summed E-state index contributed by atoms with van der Waals surface area (Å²) in [6.07, 6.45) is 3.32. The summed E-state index contributed by atoms with van der Waals surface area (Å²) in [6, 6.07) is 5.55. The van der Waals surface area contributed by atoms with Crippen molar-refractivity contribution in [1.82, 2.24) is 71.8 Å². The summed E-state index contributed by atoms with van der Waals surface area (Å²) in [6.45, 7) is 0.997. The minimum atomic E-state index is -1.57. The predicted octanol–water partition coefficient (Wildman–Crippen LogP) is -0.314. The number of anilines is 2. The molecule has 1 saturated heterocycles. The van der Waals surface area contributed by atoms with E-state index in [-0.39, 0.29) is 122 Å². The second-order valence-corrected chi connectivity index (χ2v) is 24.1. The van der Waals surface area contributed by atoms with Crippen LogP contribution in [0.15, 0.2) is 54.7 Å². The molecule has 5 atom stereocenters. The lowest BCUT2D eigenvalue weighted by Crippen LogP contribution is -2.53. The summed E-state index contributed by atoms with van der Waals surface area (Å²) >= 11 is 5.59. The van der Waals surface area contributed by atoms with Crippen molar-refractivity contribution in [3.63, 3.8) is 0 Å². The molecular formula is C62H90N16O21S. The molecule has 7 amide bonds. The Morgan fingerprint density at radius 1 is 0.510 bits per heavy atom. The van der Waals surface area contributed by atoms with Crippen LogP contribution < -0.4 is 47.9 Å². The fraction of sp³-hybridized carbons (Fsp3) is 0.548. The van der Waals surface area contributed by atoms with Crippen molar-refractivity contribution in [2.45, 2.75) is 127 Å². The van der Waals surface area contributed by atoms with E-state index in [4.69, 9.17) is 17.3 Å². The number of urea groups is 2. The zero-order valence-corrected chi connectivity index (χ0v) is 56.1. The summed E-state index contributed by atoms with van der Waals surface area (Å²) < 4.78 is 1.25. The maximum atomic E-state index is 14.0. The van der Waals surface area contributed by atoms with Gasteiger partial charge in [-0.2, -0.15) is 0 Å². The molecule has 2 heterocycles. The highest BCUT2D eigenvalue weighted by molar-refractivity contribution is 7.80. The van der Waals surface area contributed by atoms with Crippen molar-refractivity contribution >= 4 is 106 Å². The molecular weight excluding hydrogens is 1340 g/mol. The topological polar surface area (TPSA) is 536 Å². The molecule has 1 aliphatic heterocycles. The zero-order valence-electron chi connectivity index (χ0n) is 55.3. The average molecular weight is 1430 g/mol. The van der Waals surface area contributed by atoms with Crippen LogP contribution in [-0.4, -0.2) is 280 Å². The van der Waals surface area contributed by atoms with E-state index in [9.17, 15) is 98.1 Å².